The lowest BCUT2D eigenvalue weighted by atomic mass is 10.1. The molecule has 0 saturated carbocycles. The summed E-state index contributed by atoms with van der Waals surface area (Å²) in [5.41, 5.74) is 1.17. The Labute approximate surface area is 134 Å². The molecule has 1 aliphatic heterocycles. The number of para-hydroxylation sites is 1. The Kier molecular flexibility index (Phi) is 4.28. The van der Waals surface area contributed by atoms with Crippen LogP contribution in [0.3, 0.4) is 0 Å². The van der Waals surface area contributed by atoms with Crippen molar-refractivity contribution in [2.45, 2.75) is 6.92 Å². The molecule has 0 spiro atoms. The molecule has 5 heteroatoms. The molecule has 0 N–H and O–H groups in total. The van der Waals surface area contributed by atoms with Crippen molar-refractivity contribution in [2.24, 2.45) is 0 Å². The van der Waals surface area contributed by atoms with Gasteiger partial charge in [0.15, 0.2) is 12.4 Å². The van der Waals surface area contributed by atoms with Crippen molar-refractivity contribution < 1.29 is 19.1 Å². The maximum absolute atomic E-state index is 12.5. The van der Waals surface area contributed by atoms with E-state index in [4.69, 9.17) is 9.47 Å². The predicted octanol–water partition coefficient (Wildman–Crippen LogP) is 2.69. The van der Waals surface area contributed by atoms with E-state index in [1.54, 1.807) is 35.2 Å². The fraction of sp³-hybridized carbons (Fsp3) is 0.222. The maximum Gasteiger partial charge on any atom is 0.265 e. The van der Waals surface area contributed by atoms with Gasteiger partial charge in [0.2, 0.25) is 0 Å². The van der Waals surface area contributed by atoms with Crippen LogP contribution < -0.4 is 14.4 Å². The largest absolute Gasteiger partial charge is 0.490 e. The predicted molar refractivity (Wildman–Crippen MR) is 86.2 cm³/mol. The van der Waals surface area contributed by atoms with E-state index in [9.17, 15) is 9.59 Å². The fourth-order valence-corrected chi connectivity index (χ4v) is 2.44. The summed E-state index contributed by atoms with van der Waals surface area (Å²) in [6.45, 7) is 2.29. The topological polar surface area (TPSA) is 55.8 Å². The van der Waals surface area contributed by atoms with Crippen LogP contribution in [0.2, 0.25) is 0 Å². The van der Waals surface area contributed by atoms with Crippen LogP contribution in [0, 0.1) is 0 Å². The second-order valence-corrected chi connectivity index (χ2v) is 5.23. The molecule has 1 aliphatic rings. The molecule has 0 aromatic heterocycles. The number of amides is 1. The molecule has 0 aliphatic carbocycles. The second-order valence-electron chi connectivity index (χ2n) is 5.23. The highest BCUT2D eigenvalue weighted by Gasteiger charge is 2.24. The Morgan fingerprint density at radius 2 is 1.96 bits per heavy atom. The Balaban J connectivity index is 1.77. The number of hydrogen-bond acceptors (Lipinski definition) is 4. The quantitative estimate of drug-likeness (QED) is 0.815. The number of carbonyl (C=O) groups is 2. The number of ketones is 1. The van der Waals surface area contributed by atoms with Crippen LogP contribution in [0.25, 0.3) is 0 Å². The van der Waals surface area contributed by atoms with E-state index < -0.39 is 0 Å². The van der Waals surface area contributed by atoms with Crippen LogP contribution in [0.1, 0.15) is 17.3 Å². The number of hydrogen-bond donors (Lipinski definition) is 0. The zero-order valence-electron chi connectivity index (χ0n) is 12.8. The lowest BCUT2D eigenvalue weighted by Crippen LogP contribution is -2.40. The lowest BCUT2D eigenvalue weighted by Gasteiger charge is -2.29. The molecular formula is C18H17NO4. The molecule has 118 valence electrons. The molecule has 23 heavy (non-hydrogen) atoms. The minimum atomic E-state index is -0.167. The van der Waals surface area contributed by atoms with E-state index in [1.807, 2.05) is 18.2 Å². The highest BCUT2D eigenvalue weighted by atomic mass is 16.5. The summed E-state index contributed by atoms with van der Waals surface area (Å²) in [6.07, 6.45) is 0. The summed E-state index contributed by atoms with van der Waals surface area (Å²) in [7, 11) is 0. The van der Waals surface area contributed by atoms with Crippen molar-refractivity contribution >= 4 is 17.4 Å². The minimum absolute atomic E-state index is 0.0497. The van der Waals surface area contributed by atoms with Gasteiger partial charge in [-0.1, -0.05) is 18.2 Å². The molecule has 2 aromatic rings. The van der Waals surface area contributed by atoms with Crippen molar-refractivity contribution in [3.8, 4) is 11.5 Å². The van der Waals surface area contributed by atoms with Gasteiger partial charge in [-0.2, -0.15) is 0 Å². The first-order valence-electron chi connectivity index (χ1n) is 7.41. The van der Waals surface area contributed by atoms with Crippen molar-refractivity contribution in [3.05, 3.63) is 54.1 Å². The van der Waals surface area contributed by atoms with Crippen molar-refractivity contribution in [1.29, 1.82) is 0 Å². The van der Waals surface area contributed by atoms with Crippen molar-refractivity contribution in [3.63, 3.8) is 0 Å². The molecule has 3 rings (SSSR count). The molecule has 0 atom stereocenters. The van der Waals surface area contributed by atoms with E-state index in [-0.39, 0.29) is 18.3 Å². The van der Waals surface area contributed by atoms with Crippen LogP contribution >= 0.6 is 0 Å². The molecule has 5 nitrogen and oxygen atoms in total. The summed E-state index contributed by atoms with van der Waals surface area (Å²) in [6, 6.07) is 14.3. The van der Waals surface area contributed by atoms with E-state index in [0.717, 1.165) is 0 Å². The highest BCUT2D eigenvalue weighted by molar-refractivity contribution is 6.00. The average molecular weight is 311 g/mol. The maximum atomic E-state index is 12.5. The first-order valence-corrected chi connectivity index (χ1v) is 7.41. The molecule has 0 saturated heterocycles. The molecule has 2 aromatic carbocycles. The van der Waals surface area contributed by atoms with Crippen LogP contribution in [0.4, 0.5) is 5.69 Å². The molecule has 0 unspecified atom stereocenters. The Morgan fingerprint density at radius 3 is 2.70 bits per heavy atom. The lowest BCUT2D eigenvalue weighted by molar-refractivity contribution is -0.120. The first kappa shape index (κ1) is 15.1. The van der Waals surface area contributed by atoms with Gasteiger partial charge < -0.3 is 14.4 Å². The molecule has 0 fully saturated rings. The molecule has 0 radical (unpaired) electrons. The van der Waals surface area contributed by atoms with E-state index in [1.165, 1.54) is 6.92 Å². The number of nitrogens with zero attached hydrogens (tertiary/aromatic N) is 1. The molecule has 1 amide bonds. The van der Waals surface area contributed by atoms with E-state index in [2.05, 4.69) is 0 Å². The van der Waals surface area contributed by atoms with Crippen LogP contribution in [-0.4, -0.2) is 31.4 Å². The third-order valence-corrected chi connectivity index (χ3v) is 3.64. The number of carbonyl (C=O) groups excluding carboxylic acids is 2. The van der Waals surface area contributed by atoms with Gasteiger partial charge in [-0.15, -0.1) is 0 Å². The summed E-state index contributed by atoms with van der Waals surface area (Å²) < 4.78 is 11.1. The zero-order valence-corrected chi connectivity index (χ0v) is 12.8. The number of benzene rings is 2. The number of anilines is 1. The molecular weight excluding hydrogens is 294 g/mol. The summed E-state index contributed by atoms with van der Waals surface area (Å²) >= 11 is 0. The highest BCUT2D eigenvalue weighted by Crippen LogP contribution is 2.32. The standard InChI is InChI=1S/C18H17NO4/c1-13(20)14-7-8-17-16(11-14)19(9-10-22-17)18(21)12-23-15-5-3-2-4-6-15/h2-8,11H,9-10,12H2,1H3. The Morgan fingerprint density at radius 1 is 1.17 bits per heavy atom. The number of ether oxygens (including phenoxy) is 2. The third-order valence-electron chi connectivity index (χ3n) is 3.64. The third kappa shape index (κ3) is 3.34. The molecule has 1 heterocycles. The van der Waals surface area contributed by atoms with Crippen LogP contribution in [0.15, 0.2) is 48.5 Å². The Bertz CT molecular complexity index is 727. The SMILES string of the molecule is CC(=O)c1ccc2c(c1)N(C(=O)COc1ccccc1)CCO2. The average Bonchev–Trinajstić information content (AvgIpc) is 2.59. The number of Topliss-reactive ketones (excluding diaryl/α,β-unsaturated/α-hetero) is 1. The van der Waals surface area contributed by atoms with E-state index in [0.29, 0.717) is 35.9 Å². The first-order chi connectivity index (χ1) is 11.1. The Hall–Kier alpha value is -2.82. The van der Waals surface area contributed by atoms with Crippen LogP contribution in [-0.2, 0) is 4.79 Å². The van der Waals surface area contributed by atoms with Gasteiger partial charge >= 0.3 is 0 Å². The summed E-state index contributed by atoms with van der Waals surface area (Å²) in [5.74, 6) is 1.03. The number of fused-ring (bicyclic) bond motifs is 1. The fourth-order valence-electron chi connectivity index (χ4n) is 2.44. The van der Waals surface area contributed by atoms with Gasteiger partial charge in [-0.25, -0.2) is 0 Å². The summed E-state index contributed by atoms with van der Waals surface area (Å²) in [5, 5.41) is 0. The van der Waals surface area contributed by atoms with Crippen molar-refractivity contribution in [1.82, 2.24) is 0 Å². The van der Waals surface area contributed by atoms with Gasteiger partial charge in [0, 0.05) is 5.56 Å². The van der Waals surface area contributed by atoms with Gasteiger partial charge in [0.25, 0.3) is 5.91 Å². The monoisotopic (exact) mass is 311 g/mol. The van der Waals surface area contributed by atoms with E-state index >= 15 is 0 Å². The van der Waals surface area contributed by atoms with Gasteiger partial charge in [0.1, 0.15) is 18.1 Å². The van der Waals surface area contributed by atoms with Crippen LogP contribution in [0.5, 0.6) is 11.5 Å². The molecule has 0 bridgehead atoms. The second kappa shape index (κ2) is 6.52. The van der Waals surface area contributed by atoms with Gasteiger partial charge in [-0.3, -0.25) is 9.59 Å². The zero-order chi connectivity index (χ0) is 16.2. The van der Waals surface area contributed by atoms with Crippen molar-refractivity contribution in [2.75, 3.05) is 24.7 Å². The number of rotatable bonds is 4. The van der Waals surface area contributed by atoms with Gasteiger partial charge in [0.05, 0.1) is 12.2 Å². The normalized spacial score (nSPS) is 13.0. The smallest absolute Gasteiger partial charge is 0.265 e. The summed E-state index contributed by atoms with van der Waals surface area (Å²) in [4.78, 5) is 25.6. The van der Waals surface area contributed by atoms with Gasteiger partial charge in [-0.05, 0) is 37.3 Å². The minimum Gasteiger partial charge on any atom is -0.490 e.